The van der Waals surface area contributed by atoms with Crippen molar-refractivity contribution in [3.63, 3.8) is 0 Å². The lowest BCUT2D eigenvalue weighted by atomic mass is 10.1. The van der Waals surface area contributed by atoms with Crippen LogP contribution in [-0.4, -0.2) is 60.2 Å². The molecule has 0 radical (unpaired) electrons. The third-order valence-corrected chi connectivity index (χ3v) is 5.99. The number of piperazine rings is 1. The minimum absolute atomic E-state index is 0.0895. The number of anilines is 2. The summed E-state index contributed by atoms with van der Waals surface area (Å²) in [7, 11) is 0. The van der Waals surface area contributed by atoms with Crippen LogP contribution in [0.15, 0.2) is 42.5 Å². The number of carbonyl (C=O) groups is 3. The van der Waals surface area contributed by atoms with E-state index < -0.39 is 23.5 Å². The Labute approximate surface area is 199 Å². The molecular weight excluding hydrogens is 468 g/mol. The van der Waals surface area contributed by atoms with Crippen LogP contribution in [0.5, 0.6) is 0 Å². The van der Waals surface area contributed by atoms with Crippen LogP contribution in [0.3, 0.4) is 0 Å². The number of carbonyl (C=O) groups excluding carboxylic acids is 3. The van der Waals surface area contributed by atoms with Crippen molar-refractivity contribution in [1.29, 1.82) is 0 Å². The molecule has 186 valence electrons. The van der Waals surface area contributed by atoms with Crippen molar-refractivity contribution >= 4 is 29.1 Å². The fourth-order valence-corrected chi connectivity index (χ4v) is 3.86. The lowest BCUT2D eigenvalue weighted by molar-refractivity contribution is -0.139. The fourth-order valence-electron chi connectivity index (χ4n) is 3.86. The number of nitrogens with one attached hydrogen (secondary N) is 2. The van der Waals surface area contributed by atoms with Crippen molar-refractivity contribution in [1.82, 2.24) is 9.80 Å². The van der Waals surface area contributed by atoms with Crippen molar-refractivity contribution < 1.29 is 31.9 Å². The molecule has 35 heavy (non-hydrogen) atoms. The SMILES string of the molecule is O=C(Nc1ccc(NCC(=O)N2CCN(C(=O)C3CC3)CC2)c(C(F)(F)F)c1)c1ccc(F)cc1. The molecule has 0 spiro atoms. The maximum absolute atomic E-state index is 13.7. The van der Waals surface area contributed by atoms with E-state index in [9.17, 15) is 31.9 Å². The zero-order valence-corrected chi connectivity index (χ0v) is 18.7. The summed E-state index contributed by atoms with van der Waals surface area (Å²) in [6, 6.07) is 7.79. The molecule has 1 saturated carbocycles. The average Bonchev–Trinajstić information content (AvgIpc) is 3.68. The van der Waals surface area contributed by atoms with E-state index in [-0.39, 0.29) is 41.2 Å². The highest BCUT2D eigenvalue weighted by molar-refractivity contribution is 6.04. The monoisotopic (exact) mass is 492 g/mol. The number of nitrogens with zero attached hydrogens (tertiary/aromatic N) is 2. The Balaban J connectivity index is 1.37. The van der Waals surface area contributed by atoms with Crippen LogP contribution < -0.4 is 10.6 Å². The molecule has 3 amide bonds. The van der Waals surface area contributed by atoms with Gasteiger partial charge in [-0.2, -0.15) is 13.2 Å². The highest BCUT2D eigenvalue weighted by atomic mass is 19.4. The molecule has 2 fully saturated rings. The molecule has 1 aliphatic heterocycles. The topological polar surface area (TPSA) is 81.8 Å². The van der Waals surface area contributed by atoms with E-state index in [0.717, 1.165) is 37.1 Å². The molecule has 0 atom stereocenters. The van der Waals surface area contributed by atoms with Gasteiger partial charge in [-0.25, -0.2) is 4.39 Å². The van der Waals surface area contributed by atoms with Crippen LogP contribution in [0, 0.1) is 11.7 Å². The number of hydrogen-bond donors (Lipinski definition) is 2. The van der Waals surface area contributed by atoms with E-state index >= 15 is 0 Å². The van der Waals surface area contributed by atoms with E-state index in [0.29, 0.717) is 26.2 Å². The van der Waals surface area contributed by atoms with Gasteiger partial charge in [0.05, 0.1) is 12.1 Å². The van der Waals surface area contributed by atoms with Crippen molar-refractivity contribution in [2.75, 3.05) is 43.4 Å². The predicted octanol–water partition coefficient (Wildman–Crippen LogP) is 3.59. The number of halogens is 4. The third-order valence-electron chi connectivity index (χ3n) is 5.99. The fraction of sp³-hybridized carbons (Fsp3) is 0.375. The maximum atomic E-state index is 13.7. The maximum Gasteiger partial charge on any atom is 0.418 e. The normalized spacial score (nSPS) is 16.1. The van der Waals surface area contributed by atoms with Crippen LogP contribution in [0.2, 0.25) is 0 Å². The van der Waals surface area contributed by atoms with Gasteiger partial charge in [-0.05, 0) is 55.3 Å². The Morgan fingerprint density at radius 3 is 2.14 bits per heavy atom. The third kappa shape index (κ3) is 6.09. The molecule has 0 aromatic heterocycles. The average molecular weight is 492 g/mol. The van der Waals surface area contributed by atoms with Gasteiger partial charge in [0.2, 0.25) is 11.8 Å². The van der Waals surface area contributed by atoms with Crippen molar-refractivity contribution in [3.8, 4) is 0 Å². The van der Waals surface area contributed by atoms with Gasteiger partial charge in [-0.15, -0.1) is 0 Å². The molecule has 1 heterocycles. The second-order valence-electron chi connectivity index (χ2n) is 8.55. The Morgan fingerprint density at radius 2 is 1.54 bits per heavy atom. The summed E-state index contributed by atoms with van der Waals surface area (Å²) >= 11 is 0. The molecule has 2 N–H and O–H groups in total. The first kappa shape index (κ1) is 24.5. The van der Waals surface area contributed by atoms with Crippen LogP contribution in [0.1, 0.15) is 28.8 Å². The van der Waals surface area contributed by atoms with Gasteiger partial charge < -0.3 is 20.4 Å². The summed E-state index contributed by atoms with van der Waals surface area (Å²) in [6.45, 7) is 1.15. The molecule has 1 saturated heterocycles. The quantitative estimate of drug-likeness (QED) is 0.604. The minimum atomic E-state index is -4.74. The van der Waals surface area contributed by atoms with E-state index in [1.807, 2.05) is 0 Å². The van der Waals surface area contributed by atoms with Crippen molar-refractivity contribution in [3.05, 3.63) is 59.4 Å². The molecule has 2 aliphatic rings. The predicted molar refractivity (Wildman–Crippen MR) is 120 cm³/mol. The summed E-state index contributed by atoms with van der Waals surface area (Å²) in [6.07, 6.45) is -2.94. The second-order valence-corrected chi connectivity index (χ2v) is 8.55. The molecule has 2 aromatic rings. The number of amides is 3. The molecular formula is C24H24F4N4O3. The molecule has 0 unspecified atom stereocenters. The molecule has 2 aromatic carbocycles. The van der Waals surface area contributed by atoms with Gasteiger partial charge in [0.1, 0.15) is 5.82 Å². The second kappa shape index (κ2) is 9.93. The van der Waals surface area contributed by atoms with Crippen molar-refractivity contribution in [2.45, 2.75) is 19.0 Å². The van der Waals surface area contributed by atoms with Gasteiger partial charge in [0, 0.05) is 49.0 Å². The van der Waals surface area contributed by atoms with E-state index in [4.69, 9.17) is 0 Å². The Bertz CT molecular complexity index is 1110. The van der Waals surface area contributed by atoms with Crippen LogP contribution in [-0.2, 0) is 15.8 Å². The van der Waals surface area contributed by atoms with E-state index in [2.05, 4.69) is 10.6 Å². The zero-order valence-electron chi connectivity index (χ0n) is 18.7. The number of rotatable bonds is 6. The summed E-state index contributed by atoms with van der Waals surface area (Å²) in [5.41, 5.74) is -1.35. The highest BCUT2D eigenvalue weighted by Crippen LogP contribution is 2.37. The molecule has 0 bridgehead atoms. The molecule has 1 aliphatic carbocycles. The highest BCUT2D eigenvalue weighted by Gasteiger charge is 2.36. The summed E-state index contributed by atoms with van der Waals surface area (Å²) < 4.78 is 54.0. The lowest BCUT2D eigenvalue weighted by Crippen LogP contribution is -2.52. The Hall–Kier alpha value is -3.63. The smallest absolute Gasteiger partial charge is 0.376 e. The van der Waals surface area contributed by atoms with Gasteiger partial charge in [0.15, 0.2) is 0 Å². The van der Waals surface area contributed by atoms with E-state index in [1.54, 1.807) is 4.90 Å². The summed E-state index contributed by atoms with van der Waals surface area (Å²) in [5.74, 6) is -1.39. The largest absolute Gasteiger partial charge is 0.418 e. The Morgan fingerprint density at radius 1 is 0.914 bits per heavy atom. The first-order valence-corrected chi connectivity index (χ1v) is 11.2. The summed E-state index contributed by atoms with van der Waals surface area (Å²) in [5, 5.41) is 4.91. The minimum Gasteiger partial charge on any atom is -0.376 e. The van der Waals surface area contributed by atoms with Crippen molar-refractivity contribution in [2.24, 2.45) is 5.92 Å². The first-order valence-electron chi connectivity index (χ1n) is 11.2. The Kier molecular flexibility index (Phi) is 6.95. The lowest BCUT2D eigenvalue weighted by Gasteiger charge is -2.35. The van der Waals surface area contributed by atoms with Crippen LogP contribution in [0.4, 0.5) is 28.9 Å². The molecule has 11 heteroatoms. The van der Waals surface area contributed by atoms with Crippen LogP contribution in [0.25, 0.3) is 0 Å². The zero-order chi connectivity index (χ0) is 25.2. The van der Waals surface area contributed by atoms with Gasteiger partial charge in [0.25, 0.3) is 5.91 Å². The molecule has 7 nitrogen and oxygen atoms in total. The van der Waals surface area contributed by atoms with Gasteiger partial charge in [-0.3, -0.25) is 14.4 Å². The molecule has 4 rings (SSSR count). The van der Waals surface area contributed by atoms with Crippen LogP contribution >= 0.6 is 0 Å². The van der Waals surface area contributed by atoms with Gasteiger partial charge in [-0.1, -0.05) is 0 Å². The standard InChI is InChI=1S/C24H24F4N4O3/c25-17-5-3-15(4-6-17)22(34)30-18-7-8-20(19(13-18)24(26,27)28)29-14-21(33)31-9-11-32(12-10-31)23(35)16-1-2-16/h3-8,13,16,29H,1-2,9-12,14H2,(H,30,34). The number of benzene rings is 2. The van der Waals surface area contributed by atoms with Gasteiger partial charge >= 0.3 is 6.18 Å². The number of hydrogen-bond acceptors (Lipinski definition) is 4. The summed E-state index contributed by atoms with van der Waals surface area (Å²) in [4.78, 5) is 40.2. The number of alkyl halides is 3. The first-order chi connectivity index (χ1) is 16.6. The van der Waals surface area contributed by atoms with E-state index in [1.165, 1.54) is 23.1 Å².